The lowest BCUT2D eigenvalue weighted by Gasteiger charge is -2.25. The molecule has 5 nitrogen and oxygen atoms in total. The zero-order valence-electron chi connectivity index (χ0n) is 20.3. The second kappa shape index (κ2) is 9.29. The van der Waals surface area contributed by atoms with E-state index in [0.717, 1.165) is 47.3 Å². The Hall–Kier alpha value is -3.47. The van der Waals surface area contributed by atoms with Gasteiger partial charge in [0, 0.05) is 18.0 Å². The van der Waals surface area contributed by atoms with Gasteiger partial charge in [-0.15, -0.1) is 0 Å². The van der Waals surface area contributed by atoms with Crippen molar-refractivity contribution >= 4 is 33.9 Å². The largest absolute Gasteiger partial charge is 0.328 e. The number of nitrogens with zero attached hydrogens (tertiary/aromatic N) is 3. The number of carbonyl (C=O) groups excluding carboxylic acids is 1. The lowest BCUT2D eigenvalue weighted by atomic mass is 9.83. The van der Waals surface area contributed by atoms with Gasteiger partial charge >= 0.3 is 0 Å². The number of amides is 1. The minimum Gasteiger partial charge on any atom is -0.328 e. The number of hydrogen-bond acceptors (Lipinski definition) is 4. The van der Waals surface area contributed by atoms with Crippen LogP contribution in [0.2, 0.25) is 0 Å². The Morgan fingerprint density at radius 1 is 0.943 bits per heavy atom. The van der Waals surface area contributed by atoms with Gasteiger partial charge in [0.05, 0.1) is 23.9 Å². The number of anilines is 1. The standard InChI is InChI=1S/C30H32N4O/c1-20-19-34-26-17-8-7-16-25(26)28(22-11-3-2-4-12-22)33-29(30(34)31-20)32-27(35)18-23-14-9-13-21-10-5-6-15-24(21)23/h5-10,13-17,20,22,29H,2-4,11-12,18-19H2,1H3,(H,32,35)/t20-,29-/m0/s1. The summed E-state index contributed by atoms with van der Waals surface area (Å²) in [6, 6.07) is 23.1. The monoisotopic (exact) mass is 464 g/mol. The maximum atomic E-state index is 13.4. The quantitative estimate of drug-likeness (QED) is 0.553. The van der Waals surface area contributed by atoms with Crippen LogP contribution in [0, 0.1) is 5.92 Å². The zero-order chi connectivity index (χ0) is 23.8. The van der Waals surface area contributed by atoms with Gasteiger partial charge in [0.2, 0.25) is 5.91 Å². The molecule has 35 heavy (non-hydrogen) atoms. The molecule has 0 unspecified atom stereocenters. The lowest BCUT2D eigenvalue weighted by molar-refractivity contribution is -0.120. The minimum absolute atomic E-state index is 0.0220. The molecule has 1 saturated carbocycles. The predicted molar refractivity (Wildman–Crippen MR) is 143 cm³/mol. The van der Waals surface area contributed by atoms with Crippen LogP contribution in [-0.4, -0.2) is 36.2 Å². The Bertz CT molecular complexity index is 1320. The Morgan fingerprint density at radius 2 is 1.71 bits per heavy atom. The molecular weight excluding hydrogens is 432 g/mol. The van der Waals surface area contributed by atoms with E-state index in [0.29, 0.717) is 12.3 Å². The van der Waals surface area contributed by atoms with E-state index in [-0.39, 0.29) is 11.9 Å². The molecule has 3 aromatic carbocycles. The second-order valence-electron chi connectivity index (χ2n) is 10.1. The molecule has 0 spiro atoms. The van der Waals surface area contributed by atoms with Crippen LogP contribution < -0.4 is 10.2 Å². The maximum Gasteiger partial charge on any atom is 0.226 e. The van der Waals surface area contributed by atoms with Crippen molar-refractivity contribution in [1.82, 2.24) is 5.32 Å². The highest BCUT2D eigenvalue weighted by Gasteiger charge is 2.37. The Balaban J connectivity index is 1.35. The summed E-state index contributed by atoms with van der Waals surface area (Å²) >= 11 is 0. The number of fused-ring (bicyclic) bond motifs is 4. The van der Waals surface area contributed by atoms with E-state index in [9.17, 15) is 4.79 Å². The molecule has 5 heteroatoms. The highest BCUT2D eigenvalue weighted by atomic mass is 16.1. The van der Waals surface area contributed by atoms with Gasteiger partial charge in [-0.25, -0.2) is 0 Å². The highest BCUT2D eigenvalue weighted by Crippen LogP contribution is 2.35. The number of nitrogens with one attached hydrogen (secondary N) is 1. The maximum absolute atomic E-state index is 13.4. The van der Waals surface area contributed by atoms with Gasteiger partial charge in [-0.2, -0.15) is 0 Å². The summed E-state index contributed by atoms with van der Waals surface area (Å²) in [6.45, 7) is 2.94. The Labute approximate surface area is 207 Å². The average molecular weight is 465 g/mol. The molecule has 6 rings (SSSR count). The van der Waals surface area contributed by atoms with Gasteiger partial charge in [0.25, 0.3) is 0 Å². The molecule has 3 aliphatic rings. The third-order valence-electron chi connectivity index (χ3n) is 7.58. The third kappa shape index (κ3) is 4.24. The number of rotatable bonds is 4. The zero-order valence-corrected chi connectivity index (χ0v) is 20.3. The molecule has 2 heterocycles. The van der Waals surface area contributed by atoms with E-state index >= 15 is 0 Å². The van der Waals surface area contributed by atoms with Crippen molar-refractivity contribution in [3.05, 3.63) is 77.9 Å². The molecular formula is C30H32N4O. The predicted octanol–water partition coefficient (Wildman–Crippen LogP) is 5.51. The van der Waals surface area contributed by atoms with Crippen molar-refractivity contribution in [1.29, 1.82) is 0 Å². The van der Waals surface area contributed by atoms with Crippen molar-refractivity contribution in [2.24, 2.45) is 15.9 Å². The molecule has 178 valence electrons. The van der Waals surface area contributed by atoms with Crippen LogP contribution in [0.1, 0.15) is 50.2 Å². The van der Waals surface area contributed by atoms with Crippen molar-refractivity contribution in [2.75, 3.05) is 11.4 Å². The molecule has 0 bridgehead atoms. The van der Waals surface area contributed by atoms with Crippen LogP contribution in [0.5, 0.6) is 0 Å². The number of para-hydroxylation sites is 1. The Morgan fingerprint density at radius 3 is 2.60 bits per heavy atom. The van der Waals surface area contributed by atoms with E-state index in [1.54, 1.807) is 0 Å². The first-order valence-corrected chi connectivity index (χ1v) is 13.0. The van der Waals surface area contributed by atoms with E-state index in [1.807, 2.05) is 24.3 Å². The van der Waals surface area contributed by atoms with Gasteiger partial charge in [-0.3, -0.25) is 14.8 Å². The topological polar surface area (TPSA) is 57.1 Å². The summed E-state index contributed by atoms with van der Waals surface area (Å²) in [5.41, 5.74) is 4.55. The number of aliphatic imine (C=N–C) groups is 2. The van der Waals surface area contributed by atoms with Crippen molar-refractivity contribution in [2.45, 2.75) is 57.7 Å². The minimum atomic E-state index is -0.466. The fraction of sp³-hybridized carbons (Fsp3) is 0.367. The van der Waals surface area contributed by atoms with Gasteiger partial charge in [0.15, 0.2) is 6.17 Å². The molecule has 1 N–H and O–H groups in total. The first-order valence-electron chi connectivity index (χ1n) is 13.0. The van der Waals surface area contributed by atoms with Crippen LogP contribution >= 0.6 is 0 Å². The van der Waals surface area contributed by atoms with Gasteiger partial charge < -0.3 is 10.2 Å². The van der Waals surface area contributed by atoms with Crippen LogP contribution in [0.3, 0.4) is 0 Å². The number of benzene rings is 3. The van der Waals surface area contributed by atoms with Crippen LogP contribution in [-0.2, 0) is 11.2 Å². The van der Waals surface area contributed by atoms with Crippen LogP contribution in [0.15, 0.2) is 76.7 Å². The normalized spacial score (nSPS) is 22.1. The number of carbonyl (C=O) groups is 1. The van der Waals surface area contributed by atoms with E-state index < -0.39 is 6.17 Å². The van der Waals surface area contributed by atoms with Crippen LogP contribution in [0.4, 0.5) is 5.69 Å². The fourth-order valence-electron chi connectivity index (χ4n) is 5.95. The molecule has 3 aromatic rings. The van der Waals surface area contributed by atoms with Crippen molar-refractivity contribution in [3.63, 3.8) is 0 Å². The fourth-order valence-corrected chi connectivity index (χ4v) is 5.95. The second-order valence-corrected chi connectivity index (χ2v) is 10.1. The molecule has 0 aromatic heterocycles. The summed E-state index contributed by atoms with van der Waals surface area (Å²) < 4.78 is 0. The van der Waals surface area contributed by atoms with Gasteiger partial charge in [-0.05, 0) is 42.2 Å². The third-order valence-corrected chi connectivity index (χ3v) is 7.58. The average Bonchev–Trinajstić information content (AvgIpc) is 3.23. The highest BCUT2D eigenvalue weighted by molar-refractivity contribution is 6.16. The number of hydrogen-bond donors (Lipinski definition) is 1. The lowest BCUT2D eigenvalue weighted by Crippen LogP contribution is -2.46. The molecule has 2 atom stereocenters. The first kappa shape index (κ1) is 22.0. The van der Waals surface area contributed by atoms with E-state index in [1.165, 1.54) is 30.5 Å². The van der Waals surface area contributed by atoms with Crippen molar-refractivity contribution in [3.8, 4) is 0 Å². The summed E-state index contributed by atoms with van der Waals surface area (Å²) in [6.07, 6.45) is 5.96. The Kier molecular flexibility index (Phi) is 5.85. The first-order chi connectivity index (χ1) is 17.2. The van der Waals surface area contributed by atoms with E-state index in [4.69, 9.17) is 9.98 Å². The molecule has 1 fully saturated rings. The van der Waals surface area contributed by atoms with Gasteiger partial charge in [0.1, 0.15) is 5.84 Å². The van der Waals surface area contributed by atoms with Crippen molar-refractivity contribution < 1.29 is 4.79 Å². The molecule has 1 aliphatic carbocycles. The summed E-state index contributed by atoms with van der Waals surface area (Å²) in [7, 11) is 0. The summed E-state index contributed by atoms with van der Waals surface area (Å²) in [5, 5.41) is 5.55. The van der Waals surface area contributed by atoms with Gasteiger partial charge in [-0.1, -0.05) is 79.9 Å². The summed E-state index contributed by atoms with van der Waals surface area (Å²) in [4.78, 5) is 25.9. The molecule has 1 amide bonds. The van der Waals surface area contributed by atoms with Crippen LogP contribution in [0.25, 0.3) is 10.8 Å². The SMILES string of the molecule is C[C@H]1CN2C(=N1)[C@@H](NC(=O)Cc1cccc3ccccc13)N=C(C1CCCCC1)c1ccccc12. The molecule has 2 aliphatic heterocycles. The molecule has 0 radical (unpaired) electrons. The molecule has 0 saturated heterocycles. The number of amidine groups is 1. The smallest absolute Gasteiger partial charge is 0.226 e. The van der Waals surface area contributed by atoms with E-state index in [2.05, 4.69) is 59.6 Å². The summed E-state index contributed by atoms with van der Waals surface area (Å²) in [5.74, 6) is 1.27.